The Hall–Kier alpha value is -2.37. The summed E-state index contributed by atoms with van der Waals surface area (Å²) >= 11 is 0. The molecule has 1 fully saturated rings. The van der Waals surface area contributed by atoms with Gasteiger partial charge in [-0.2, -0.15) is 0 Å². The number of rotatable bonds is 2. The molecule has 1 aliphatic heterocycles. The zero-order valence-corrected chi connectivity index (χ0v) is 9.80. The highest BCUT2D eigenvalue weighted by Gasteiger charge is 2.36. The predicted molar refractivity (Wildman–Crippen MR) is 65.9 cm³/mol. The van der Waals surface area contributed by atoms with Crippen LogP contribution in [-0.4, -0.2) is 39.8 Å². The van der Waals surface area contributed by atoms with Gasteiger partial charge in [0.2, 0.25) is 11.9 Å². The summed E-state index contributed by atoms with van der Waals surface area (Å²) in [6.45, 7) is 0. The number of benzene rings is 1. The van der Waals surface area contributed by atoms with E-state index in [1.807, 2.05) is 24.3 Å². The molecule has 1 aliphatic rings. The molecule has 92 valence electrons. The summed E-state index contributed by atoms with van der Waals surface area (Å²) in [4.78, 5) is 31.6. The fourth-order valence-corrected chi connectivity index (χ4v) is 2.05. The Morgan fingerprint density at radius 2 is 2.17 bits per heavy atom. The largest absolute Gasteiger partial charge is 0.343 e. The number of nitrogens with one attached hydrogen (secondary N) is 2. The van der Waals surface area contributed by atoms with E-state index in [9.17, 15) is 9.59 Å². The molecule has 0 aliphatic carbocycles. The third-order valence-electron chi connectivity index (χ3n) is 3.08. The van der Waals surface area contributed by atoms with Crippen LogP contribution in [-0.2, 0) is 9.59 Å². The second kappa shape index (κ2) is 3.83. The summed E-state index contributed by atoms with van der Waals surface area (Å²) in [6.07, 6.45) is 0.173. The van der Waals surface area contributed by atoms with Crippen LogP contribution in [0.25, 0.3) is 11.0 Å². The quantitative estimate of drug-likeness (QED) is 0.763. The van der Waals surface area contributed by atoms with Gasteiger partial charge >= 0.3 is 0 Å². The van der Waals surface area contributed by atoms with Crippen LogP contribution in [0.3, 0.4) is 0 Å². The number of amides is 2. The second-order valence-electron chi connectivity index (χ2n) is 4.29. The van der Waals surface area contributed by atoms with Gasteiger partial charge in [-0.25, -0.2) is 4.98 Å². The van der Waals surface area contributed by atoms with Gasteiger partial charge in [0.1, 0.15) is 6.04 Å². The Bertz CT molecular complexity index is 601. The minimum absolute atomic E-state index is 0.173. The molecule has 2 amide bonds. The Balaban J connectivity index is 1.85. The number of anilines is 1. The van der Waals surface area contributed by atoms with Gasteiger partial charge in [0.15, 0.2) is 0 Å². The fourth-order valence-electron chi connectivity index (χ4n) is 2.05. The summed E-state index contributed by atoms with van der Waals surface area (Å²) in [6, 6.07) is 7.06. The lowest BCUT2D eigenvalue weighted by Gasteiger charge is -2.09. The average Bonchev–Trinajstić information content (AvgIpc) is 2.87. The number of imide groups is 1. The van der Waals surface area contributed by atoms with Crippen molar-refractivity contribution >= 4 is 28.8 Å². The normalized spacial score (nSPS) is 19.8. The minimum Gasteiger partial charge on any atom is -0.343 e. The molecule has 1 unspecified atom stereocenters. The number of likely N-dealkylation sites (N-methyl/N-ethyl adjacent to an activating group) is 1. The Kier molecular flexibility index (Phi) is 2.29. The molecule has 2 heterocycles. The van der Waals surface area contributed by atoms with E-state index in [1.54, 1.807) is 0 Å². The van der Waals surface area contributed by atoms with Crippen LogP contribution in [0.5, 0.6) is 0 Å². The number of likely N-dealkylation sites (tertiary alicyclic amines) is 1. The third-order valence-corrected chi connectivity index (χ3v) is 3.08. The number of hydrogen-bond donors (Lipinski definition) is 2. The number of aromatic nitrogens is 2. The first-order valence-corrected chi connectivity index (χ1v) is 5.67. The maximum Gasteiger partial charge on any atom is 0.252 e. The van der Waals surface area contributed by atoms with E-state index in [1.165, 1.54) is 7.05 Å². The van der Waals surface area contributed by atoms with E-state index in [2.05, 4.69) is 15.3 Å². The highest BCUT2D eigenvalue weighted by atomic mass is 16.2. The molecule has 0 radical (unpaired) electrons. The number of fused-ring (bicyclic) bond motifs is 1. The van der Waals surface area contributed by atoms with E-state index in [-0.39, 0.29) is 18.2 Å². The minimum atomic E-state index is -0.525. The van der Waals surface area contributed by atoms with Crippen molar-refractivity contribution in [2.45, 2.75) is 12.5 Å². The van der Waals surface area contributed by atoms with Gasteiger partial charge in [-0.05, 0) is 12.1 Å². The van der Waals surface area contributed by atoms with Crippen molar-refractivity contribution in [1.29, 1.82) is 0 Å². The summed E-state index contributed by atoms with van der Waals surface area (Å²) in [5, 5.41) is 2.96. The number of imidazole rings is 1. The first-order chi connectivity index (χ1) is 8.65. The van der Waals surface area contributed by atoms with E-state index in [4.69, 9.17) is 0 Å². The highest BCUT2D eigenvalue weighted by Crippen LogP contribution is 2.18. The molecule has 1 aromatic carbocycles. The smallest absolute Gasteiger partial charge is 0.252 e. The van der Waals surface area contributed by atoms with Crippen LogP contribution < -0.4 is 5.32 Å². The van der Waals surface area contributed by atoms with Crippen molar-refractivity contribution < 1.29 is 9.59 Å². The molecule has 3 rings (SSSR count). The number of carbonyl (C=O) groups is 2. The van der Waals surface area contributed by atoms with Crippen LogP contribution in [0.4, 0.5) is 5.95 Å². The van der Waals surface area contributed by atoms with Crippen molar-refractivity contribution in [3.8, 4) is 0 Å². The molecular formula is C12H12N4O2. The molecule has 1 saturated heterocycles. The van der Waals surface area contributed by atoms with Crippen molar-refractivity contribution in [2.24, 2.45) is 0 Å². The lowest BCUT2D eigenvalue weighted by Crippen LogP contribution is -2.32. The maximum absolute atomic E-state index is 11.7. The van der Waals surface area contributed by atoms with Gasteiger partial charge in [-0.15, -0.1) is 0 Å². The fraction of sp³-hybridized carbons (Fsp3) is 0.250. The summed E-state index contributed by atoms with van der Waals surface area (Å²) in [7, 11) is 1.49. The van der Waals surface area contributed by atoms with Gasteiger partial charge in [0.25, 0.3) is 5.91 Å². The van der Waals surface area contributed by atoms with Crippen molar-refractivity contribution in [1.82, 2.24) is 14.9 Å². The van der Waals surface area contributed by atoms with Gasteiger partial charge in [-0.1, -0.05) is 12.1 Å². The Morgan fingerprint density at radius 1 is 1.39 bits per heavy atom. The molecular weight excluding hydrogens is 232 g/mol. The topological polar surface area (TPSA) is 78.1 Å². The number of hydrogen-bond acceptors (Lipinski definition) is 4. The van der Waals surface area contributed by atoms with E-state index in [0.29, 0.717) is 5.95 Å². The molecule has 0 bridgehead atoms. The highest BCUT2D eigenvalue weighted by molar-refractivity contribution is 6.06. The Morgan fingerprint density at radius 3 is 2.83 bits per heavy atom. The van der Waals surface area contributed by atoms with E-state index < -0.39 is 6.04 Å². The Labute approximate surface area is 103 Å². The summed E-state index contributed by atoms with van der Waals surface area (Å²) in [5.41, 5.74) is 1.72. The summed E-state index contributed by atoms with van der Waals surface area (Å²) in [5.74, 6) is 0.117. The van der Waals surface area contributed by atoms with Gasteiger partial charge in [0.05, 0.1) is 17.5 Å². The van der Waals surface area contributed by atoms with Crippen molar-refractivity contribution in [3.63, 3.8) is 0 Å². The zero-order valence-electron chi connectivity index (χ0n) is 9.80. The van der Waals surface area contributed by atoms with E-state index >= 15 is 0 Å². The van der Waals surface area contributed by atoms with Gasteiger partial charge in [0, 0.05) is 7.05 Å². The van der Waals surface area contributed by atoms with Crippen LogP contribution in [0.15, 0.2) is 24.3 Å². The van der Waals surface area contributed by atoms with Crippen LogP contribution in [0.1, 0.15) is 6.42 Å². The first kappa shape index (κ1) is 10.8. The number of nitrogens with zero attached hydrogens (tertiary/aromatic N) is 2. The van der Waals surface area contributed by atoms with Crippen LogP contribution >= 0.6 is 0 Å². The average molecular weight is 244 g/mol. The molecule has 6 heteroatoms. The second-order valence-corrected chi connectivity index (χ2v) is 4.29. The first-order valence-electron chi connectivity index (χ1n) is 5.67. The van der Waals surface area contributed by atoms with Crippen molar-refractivity contribution in [2.75, 3.05) is 12.4 Å². The van der Waals surface area contributed by atoms with E-state index in [0.717, 1.165) is 15.9 Å². The molecule has 2 aromatic rings. The number of para-hydroxylation sites is 2. The third kappa shape index (κ3) is 1.62. The summed E-state index contributed by atoms with van der Waals surface area (Å²) < 4.78 is 0. The molecule has 0 spiro atoms. The predicted octanol–water partition coefficient (Wildman–Crippen LogP) is 0.732. The van der Waals surface area contributed by atoms with Gasteiger partial charge < -0.3 is 10.3 Å². The number of H-pyrrole nitrogens is 1. The lowest BCUT2D eigenvalue weighted by atomic mass is 10.2. The maximum atomic E-state index is 11.7. The molecule has 6 nitrogen and oxygen atoms in total. The van der Waals surface area contributed by atoms with Crippen LogP contribution in [0.2, 0.25) is 0 Å². The number of aromatic amines is 1. The standard InChI is InChI=1S/C12H12N4O2/c1-16-10(17)6-9(11(16)18)15-12-13-7-4-2-3-5-8(7)14-12/h2-5,9H,6H2,1H3,(H2,13,14,15). The molecule has 2 N–H and O–H groups in total. The zero-order chi connectivity index (χ0) is 12.7. The number of carbonyl (C=O) groups excluding carboxylic acids is 2. The monoisotopic (exact) mass is 244 g/mol. The van der Waals surface area contributed by atoms with Gasteiger partial charge in [-0.3, -0.25) is 14.5 Å². The molecule has 0 saturated carbocycles. The SMILES string of the molecule is CN1C(=O)CC(Nc2nc3ccccc3[nH]2)C1=O. The van der Waals surface area contributed by atoms with Crippen LogP contribution in [0, 0.1) is 0 Å². The lowest BCUT2D eigenvalue weighted by molar-refractivity contribution is -0.136. The van der Waals surface area contributed by atoms with Crippen molar-refractivity contribution in [3.05, 3.63) is 24.3 Å². The molecule has 1 atom stereocenters. The molecule has 1 aromatic heterocycles. The molecule has 18 heavy (non-hydrogen) atoms.